The summed E-state index contributed by atoms with van der Waals surface area (Å²) in [5.41, 5.74) is 2.96. The van der Waals surface area contributed by atoms with Crippen LogP contribution in [0.4, 0.5) is 4.39 Å². The van der Waals surface area contributed by atoms with E-state index >= 15 is 0 Å². The quantitative estimate of drug-likeness (QED) is 0.719. The van der Waals surface area contributed by atoms with Gasteiger partial charge in [-0.25, -0.2) is 4.39 Å². The van der Waals surface area contributed by atoms with Crippen LogP contribution in [0.3, 0.4) is 0 Å². The van der Waals surface area contributed by atoms with E-state index in [1.165, 1.54) is 12.1 Å². The lowest BCUT2D eigenvalue weighted by Crippen LogP contribution is -2.50. The molecule has 1 aromatic heterocycles. The topological polar surface area (TPSA) is 79.2 Å². The van der Waals surface area contributed by atoms with Gasteiger partial charge in [-0.3, -0.25) is 9.48 Å². The zero-order valence-electron chi connectivity index (χ0n) is 16.1. The van der Waals surface area contributed by atoms with Gasteiger partial charge in [0.05, 0.1) is 6.61 Å². The van der Waals surface area contributed by atoms with Gasteiger partial charge in [-0.1, -0.05) is 12.1 Å². The van der Waals surface area contributed by atoms with Gasteiger partial charge >= 0.3 is 0 Å². The fraction of sp³-hybridized carbons (Fsp3) is 0.500. The predicted octanol–water partition coefficient (Wildman–Crippen LogP) is 1.71. The van der Waals surface area contributed by atoms with Crippen molar-refractivity contribution in [1.29, 1.82) is 0 Å². The summed E-state index contributed by atoms with van der Waals surface area (Å²) in [5, 5.41) is 20.3. The first-order chi connectivity index (χ1) is 12.8. The highest BCUT2D eigenvalue weighted by Gasteiger charge is 2.30. The van der Waals surface area contributed by atoms with Crippen LogP contribution in [0.5, 0.6) is 0 Å². The molecule has 1 aliphatic carbocycles. The molecule has 3 N–H and O–H groups in total. The third-order valence-electron chi connectivity index (χ3n) is 5.03. The van der Waals surface area contributed by atoms with Crippen LogP contribution in [0, 0.1) is 5.82 Å². The number of aromatic nitrogens is 2. The largest absolute Gasteiger partial charge is 0.394 e. The Labute approximate surface area is 158 Å². The number of amides is 1. The van der Waals surface area contributed by atoms with Crippen molar-refractivity contribution in [3.05, 3.63) is 52.6 Å². The molecule has 6 nitrogen and oxygen atoms in total. The SMILES string of the molecule is Cn1nc(C(=O)NCc2ccc(F)cc2)c2c1CC[C@H](NC(C)(C)CO)C2. The Hall–Kier alpha value is -2.25. The molecular formula is C20H27FN4O2. The number of nitrogens with one attached hydrogen (secondary N) is 2. The minimum absolute atomic E-state index is 0.0500. The summed E-state index contributed by atoms with van der Waals surface area (Å²) >= 11 is 0. The van der Waals surface area contributed by atoms with Crippen molar-refractivity contribution in [2.45, 2.75) is 51.2 Å². The molecule has 0 fully saturated rings. The maximum Gasteiger partial charge on any atom is 0.272 e. The molecule has 0 spiro atoms. The molecular weight excluding hydrogens is 347 g/mol. The lowest BCUT2D eigenvalue weighted by Gasteiger charge is -2.32. The van der Waals surface area contributed by atoms with Crippen molar-refractivity contribution in [3.8, 4) is 0 Å². The van der Waals surface area contributed by atoms with Crippen LogP contribution < -0.4 is 10.6 Å². The van der Waals surface area contributed by atoms with Crippen LogP contribution in [-0.4, -0.2) is 39.0 Å². The third-order valence-corrected chi connectivity index (χ3v) is 5.03. The Morgan fingerprint density at radius 3 is 2.74 bits per heavy atom. The van der Waals surface area contributed by atoms with E-state index in [1.54, 1.807) is 16.8 Å². The second-order valence-electron chi connectivity index (χ2n) is 7.83. The summed E-state index contributed by atoms with van der Waals surface area (Å²) in [6.07, 6.45) is 2.47. The highest BCUT2D eigenvalue weighted by atomic mass is 19.1. The van der Waals surface area contributed by atoms with Crippen LogP contribution in [0.25, 0.3) is 0 Å². The number of hydrogen-bond donors (Lipinski definition) is 3. The molecule has 0 unspecified atom stereocenters. The van der Waals surface area contributed by atoms with Crippen molar-refractivity contribution < 1.29 is 14.3 Å². The van der Waals surface area contributed by atoms with E-state index in [0.29, 0.717) is 18.7 Å². The van der Waals surface area contributed by atoms with Crippen LogP contribution in [0.1, 0.15) is 47.6 Å². The number of aryl methyl sites for hydroxylation is 1. The number of carbonyl (C=O) groups is 1. The van der Waals surface area contributed by atoms with Crippen LogP contribution >= 0.6 is 0 Å². The van der Waals surface area contributed by atoms with Gasteiger partial charge in [-0.05, 0) is 50.8 Å². The second-order valence-corrected chi connectivity index (χ2v) is 7.83. The maximum atomic E-state index is 13.0. The lowest BCUT2D eigenvalue weighted by atomic mass is 9.89. The van der Waals surface area contributed by atoms with E-state index in [1.807, 2.05) is 20.9 Å². The molecule has 3 rings (SSSR count). The van der Waals surface area contributed by atoms with Crippen LogP contribution in [0.2, 0.25) is 0 Å². The number of halogens is 1. The van der Waals surface area contributed by atoms with E-state index < -0.39 is 0 Å². The summed E-state index contributed by atoms with van der Waals surface area (Å²) in [7, 11) is 1.86. The number of hydrogen-bond acceptors (Lipinski definition) is 4. The van der Waals surface area contributed by atoms with Gasteiger partial charge in [0.25, 0.3) is 5.91 Å². The Kier molecular flexibility index (Phi) is 5.62. The molecule has 146 valence electrons. The Morgan fingerprint density at radius 2 is 2.07 bits per heavy atom. The fourth-order valence-corrected chi connectivity index (χ4v) is 3.56. The number of rotatable bonds is 6. The van der Waals surface area contributed by atoms with E-state index in [2.05, 4.69) is 15.7 Å². The van der Waals surface area contributed by atoms with E-state index in [4.69, 9.17) is 0 Å². The zero-order valence-corrected chi connectivity index (χ0v) is 16.1. The summed E-state index contributed by atoms with van der Waals surface area (Å²) in [6, 6.07) is 6.25. The van der Waals surface area contributed by atoms with Crippen molar-refractivity contribution in [3.63, 3.8) is 0 Å². The second kappa shape index (κ2) is 7.78. The zero-order chi connectivity index (χ0) is 19.6. The van der Waals surface area contributed by atoms with Gasteiger partial charge in [0.2, 0.25) is 0 Å². The Morgan fingerprint density at radius 1 is 1.37 bits per heavy atom. The number of benzene rings is 1. The minimum Gasteiger partial charge on any atom is -0.394 e. The first-order valence-corrected chi connectivity index (χ1v) is 9.25. The summed E-state index contributed by atoms with van der Waals surface area (Å²) < 4.78 is 14.8. The van der Waals surface area contributed by atoms with Gasteiger partial charge in [0.1, 0.15) is 5.82 Å². The van der Waals surface area contributed by atoms with E-state index in [9.17, 15) is 14.3 Å². The lowest BCUT2D eigenvalue weighted by molar-refractivity contribution is 0.0944. The summed E-state index contributed by atoms with van der Waals surface area (Å²) in [5.74, 6) is -0.522. The number of aliphatic hydroxyl groups is 1. The molecule has 1 atom stereocenters. The number of nitrogens with zero attached hydrogens (tertiary/aromatic N) is 2. The van der Waals surface area contributed by atoms with Gasteiger partial charge in [-0.2, -0.15) is 5.10 Å². The average molecular weight is 374 g/mol. The number of fused-ring (bicyclic) bond motifs is 1. The fourth-order valence-electron chi connectivity index (χ4n) is 3.56. The minimum atomic E-state index is -0.366. The van der Waals surface area contributed by atoms with Gasteiger partial charge < -0.3 is 15.7 Å². The monoisotopic (exact) mass is 374 g/mol. The van der Waals surface area contributed by atoms with Crippen molar-refractivity contribution >= 4 is 5.91 Å². The molecule has 7 heteroatoms. The molecule has 2 aromatic rings. The van der Waals surface area contributed by atoms with Crippen LogP contribution in [0.15, 0.2) is 24.3 Å². The van der Waals surface area contributed by atoms with Crippen molar-refractivity contribution in [2.24, 2.45) is 7.05 Å². The molecule has 27 heavy (non-hydrogen) atoms. The van der Waals surface area contributed by atoms with Gasteiger partial charge in [0, 0.05) is 36.4 Å². The normalized spacial score (nSPS) is 16.9. The molecule has 0 aliphatic heterocycles. The first kappa shape index (κ1) is 19.5. The first-order valence-electron chi connectivity index (χ1n) is 9.25. The number of aliphatic hydroxyl groups excluding tert-OH is 1. The molecule has 0 saturated heterocycles. The highest BCUT2D eigenvalue weighted by molar-refractivity contribution is 5.94. The van der Waals surface area contributed by atoms with E-state index in [0.717, 1.165) is 29.7 Å². The molecule has 0 bridgehead atoms. The van der Waals surface area contributed by atoms with Crippen molar-refractivity contribution in [2.75, 3.05) is 6.61 Å². The Bertz CT molecular complexity index is 814. The van der Waals surface area contributed by atoms with Crippen LogP contribution in [-0.2, 0) is 26.4 Å². The predicted molar refractivity (Wildman–Crippen MR) is 101 cm³/mol. The number of carbonyl (C=O) groups excluding carboxylic acids is 1. The molecule has 1 aliphatic rings. The molecule has 1 amide bonds. The van der Waals surface area contributed by atoms with E-state index in [-0.39, 0.29) is 29.9 Å². The van der Waals surface area contributed by atoms with Crippen molar-refractivity contribution in [1.82, 2.24) is 20.4 Å². The Balaban J connectivity index is 1.71. The van der Waals surface area contributed by atoms with Gasteiger partial charge in [-0.15, -0.1) is 0 Å². The highest BCUT2D eigenvalue weighted by Crippen LogP contribution is 2.25. The smallest absolute Gasteiger partial charge is 0.272 e. The molecule has 0 saturated carbocycles. The third kappa shape index (κ3) is 4.54. The molecule has 1 aromatic carbocycles. The molecule has 0 radical (unpaired) electrons. The average Bonchev–Trinajstić information content (AvgIpc) is 2.97. The molecule has 1 heterocycles. The van der Waals surface area contributed by atoms with Gasteiger partial charge in [0.15, 0.2) is 5.69 Å². The maximum absolute atomic E-state index is 13.0. The standard InChI is InChI=1S/C20H27FN4O2/c1-20(2,12-26)23-15-8-9-17-16(10-15)18(24-25(17)3)19(27)22-11-13-4-6-14(21)7-5-13/h4-7,15,23,26H,8-12H2,1-3H3,(H,22,27)/t15-/m0/s1. The summed E-state index contributed by atoms with van der Waals surface area (Å²) in [4.78, 5) is 12.7. The summed E-state index contributed by atoms with van der Waals surface area (Å²) in [6.45, 7) is 4.29.